The zero-order chi connectivity index (χ0) is 11.6. The van der Waals surface area contributed by atoms with Gasteiger partial charge in [-0.05, 0) is 0 Å². The van der Waals surface area contributed by atoms with Crippen molar-refractivity contribution in [3.63, 3.8) is 0 Å². The summed E-state index contributed by atoms with van der Waals surface area (Å²) in [5.41, 5.74) is 0. The molecule has 0 aromatic heterocycles. The molecule has 0 aliphatic heterocycles. The fourth-order valence-corrected chi connectivity index (χ4v) is 0.577. The van der Waals surface area contributed by atoms with Gasteiger partial charge in [0.15, 0.2) is 0 Å². The first-order valence-corrected chi connectivity index (χ1v) is 3.32. The Balaban J connectivity index is 4.59. The molecule has 0 spiro atoms. The van der Waals surface area contributed by atoms with Crippen molar-refractivity contribution in [3.8, 4) is 0 Å². The molecule has 82 valence electrons. The van der Waals surface area contributed by atoms with Gasteiger partial charge in [0.25, 0.3) is 0 Å². The van der Waals surface area contributed by atoms with Crippen LogP contribution in [0.2, 0.25) is 0 Å². The van der Waals surface area contributed by atoms with Crippen molar-refractivity contribution in [3.05, 3.63) is 0 Å². The standard InChI is InChI=1S/C6H6F4O4/c7-5(8,2-1-3(11)12)6(9,10)4(13)14/h1-2H2,(H,11,12)(H,13,14). The highest BCUT2D eigenvalue weighted by Crippen LogP contribution is 2.37. The van der Waals surface area contributed by atoms with Crippen LogP contribution in [0.1, 0.15) is 12.8 Å². The number of hydrogen-bond acceptors (Lipinski definition) is 2. The quantitative estimate of drug-likeness (QED) is 0.680. The lowest BCUT2D eigenvalue weighted by Crippen LogP contribution is -2.47. The number of aliphatic carboxylic acids is 2. The lowest BCUT2D eigenvalue weighted by atomic mass is 10.1. The predicted octanol–water partition coefficient (Wildman–Crippen LogP) is 1.21. The Morgan fingerprint density at radius 2 is 1.50 bits per heavy atom. The third-order valence-electron chi connectivity index (χ3n) is 1.38. The first-order chi connectivity index (χ1) is 6.11. The Kier molecular flexibility index (Phi) is 3.44. The van der Waals surface area contributed by atoms with Crippen LogP contribution in [0.5, 0.6) is 0 Å². The van der Waals surface area contributed by atoms with Gasteiger partial charge in [-0.3, -0.25) is 4.79 Å². The van der Waals surface area contributed by atoms with Gasteiger partial charge in [0.1, 0.15) is 0 Å². The van der Waals surface area contributed by atoms with Crippen LogP contribution in [-0.4, -0.2) is 34.0 Å². The molecule has 0 saturated carbocycles. The molecule has 0 heterocycles. The van der Waals surface area contributed by atoms with Crippen LogP contribution in [0.3, 0.4) is 0 Å². The van der Waals surface area contributed by atoms with Crippen LogP contribution >= 0.6 is 0 Å². The minimum atomic E-state index is -5.25. The molecule has 14 heavy (non-hydrogen) atoms. The number of halogens is 4. The number of alkyl halides is 4. The highest BCUT2D eigenvalue weighted by molar-refractivity contribution is 5.77. The molecule has 0 aliphatic carbocycles. The summed E-state index contributed by atoms with van der Waals surface area (Å²) < 4.78 is 49.3. The molecule has 0 saturated heterocycles. The molecule has 0 aromatic carbocycles. The summed E-state index contributed by atoms with van der Waals surface area (Å²) in [6.07, 6.45) is -2.95. The van der Waals surface area contributed by atoms with Gasteiger partial charge in [0, 0.05) is 6.42 Å². The molecule has 0 rings (SSSR count). The van der Waals surface area contributed by atoms with E-state index in [9.17, 15) is 27.2 Å². The van der Waals surface area contributed by atoms with Gasteiger partial charge in [-0.2, -0.15) is 17.6 Å². The SMILES string of the molecule is O=C(O)CCC(F)(F)C(F)(F)C(=O)O. The Morgan fingerprint density at radius 1 is 1.07 bits per heavy atom. The van der Waals surface area contributed by atoms with Gasteiger partial charge in [0.05, 0.1) is 6.42 Å². The molecule has 0 unspecified atom stereocenters. The molecule has 8 heteroatoms. The summed E-state index contributed by atoms with van der Waals surface area (Å²) in [5.74, 6) is -14.8. The zero-order valence-corrected chi connectivity index (χ0v) is 6.64. The highest BCUT2D eigenvalue weighted by atomic mass is 19.3. The van der Waals surface area contributed by atoms with E-state index in [0.29, 0.717) is 0 Å². The first kappa shape index (κ1) is 12.7. The van der Waals surface area contributed by atoms with Crippen molar-refractivity contribution < 1.29 is 37.4 Å². The second-order valence-corrected chi connectivity index (χ2v) is 2.48. The van der Waals surface area contributed by atoms with Crippen molar-refractivity contribution in [2.75, 3.05) is 0 Å². The third-order valence-corrected chi connectivity index (χ3v) is 1.38. The van der Waals surface area contributed by atoms with E-state index in [0.717, 1.165) is 0 Å². The Labute approximate surface area is 75.1 Å². The molecule has 0 atom stereocenters. The second-order valence-electron chi connectivity index (χ2n) is 2.48. The Bertz CT molecular complexity index is 250. The first-order valence-electron chi connectivity index (χ1n) is 3.32. The van der Waals surface area contributed by atoms with Crippen LogP contribution in [0.4, 0.5) is 17.6 Å². The van der Waals surface area contributed by atoms with Crippen molar-refractivity contribution >= 4 is 11.9 Å². The molecular weight excluding hydrogens is 212 g/mol. The van der Waals surface area contributed by atoms with Crippen molar-refractivity contribution in [2.45, 2.75) is 24.7 Å². The van der Waals surface area contributed by atoms with Crippen LogP contribution in [-0.2, 0) is 9.59 Å². The van der Waals surface area contributed by atoms with Gasteiger partial charge in [0.2, 0.25) is 0 Å². The Hall–Kier alpha value is -1.34. The molecule has 0 fully saturated rings. The molecule has 0 aliphatic rings. The van der Waals surface area contributed by atoms with E-state index in [2.05, 4.69) is 0 Å². The number of hydrogen-bond donors (Lipinski definition) is 2. The molecular formula is C6H6F4O4. The Morgan fingerprint density at radius 3 is 1.79 bits per heavy atom. The normalized spacial score (nSPS) is 12.6. The maximum atomic E-state index is 12.4. The topological polar surface area (TPSA) is 74.6 Å². The smallest absolute Gasteiger partial charge is 0.404 e. The van der Waals surface area contributed by atoms with E-state index in [1.165, 1.54) is 0 Å². The van der Waals surface area contributed by atoms with Crippen LogP contribution < -0.4 is 0 Å². The van der Waals surface area contributed by atoms with Gasteiger partial charge < -0.3 is 10.2 Å². The average molecular weight is 218 g/mol. The van der Waals surface area contributed by atoms with Crippen LogP contribution in [0, 0.1) is 0 Å². The molecule has 0 amide bonds. The average Bonchev–Trinajstić information content (AvgIpc) is 2.00. The summed E-state index contributed by atoms with van der Waals surface area (Å²) in [6.45, 7) is 0. The van der Waals surface area contributed by atoms with Gasteiger partial charge in [-0.1, -0.05) is 0 Å². The van der Waals surface area contributed by atoms with E-state index in [-0.39, 0.29) is 0 Å². The fraction of sp³-hybridized carbons (Fsp3) is 0.667. The van der Waals surface area contributed by atoms with Gasteiger partial charge in [-0.15, -0.1) is 0 Å². The number of carbonyl (C=O) groups is 2. The summed E-state index contributed by atoms with van der Waals surface area (Å²) in [7, 11) is 0. The van der Waals surface area contributed by atoms with E-state index >= 15 is 0 Å². The number of carboxylic acid groups (broad SMARTS) is 2. The predicted molar refractivity (Wildman–Crippen MR) is 34.4 cm³/mol. The van der Waals surface area contributed by atoms with Crippen LogP contribution in [0.15, 0.2) is 0 Å². The van der Waals surface area contributed by atoms with Crippen molar-refractivity contribution in [1.82, 2.24) is 0 Å². The van der Waals surface area contributed by atoms with Crippen molar-refractivity contribution in [2.24, 2.45) is 0 Å². The molecule has 0 aromatic rings. The summed E-state index contributed by atoms with van der Waals surface area (Å²) >= 11 is 0. The highest BCUT2D eigenvalue weighted by Gasteiger charge is 2.61. The van der Waals surface area contributed by atoms with Gasteiger partial charge >= 0.3 is 23.8 Å². The van der Waals surface area contributed by atoms with E-state index in [4.69, 9.17) is 10.2 Å². The zero-order valence-electron chi connectivity index (χ0n) is 6.64. The summed E-state index contributed by atoms with van der Waals surface area (Å²) in [6, 6.07) is 0. The monoisotopic (exact) mass is 218 g/mol. The third kappa shape index (κ3) is 2.57. The van der Waals surface area contributed by atoms with E-state index in [1.807, 2.05) is 0 Å². The molecule has 0 radical (unpaired) electrons. The van der Waals surface area contributed by atoms with Crippen molar-refractivity contribution in [1.29, 1.82) is 0 Å². The van der Waals surface area contributed by atoms with E-state index in [1.54, 1.807) is 0 Å². The molecule has 4 nitrogen and oxygen atoms in total. The lowest BCUT2D eigenvalue weighted by Gasteiger charge is -2.21. The molecule has 0 bridgehead atoms. The number of rotatable bonds is 5. The molecule has 2 N–H and O–H groups in total. The maximum Gasteiger partial charge on any atom is 0.404 e. The minimum Gasteiger partial charge on any atom is -0.481 e. The van der Waals surface area contributed by atoms with E-state index < -0.39 is 36.6 Å². The minimum absolute atomic E-state index is 1.23. The lowest BCUT2D eigenvalue weighted by molar-refractivity contribution is -0.226. The summed E-state index contributed by atoms with van der Waals surface area (Å²) in [5, 5.41) is 15.7. The number of carboxylic acids is 2. The maximum absolute atomic E-state index is 12.4. The second kappa shape index (κ2) is 3.81. The largest absolute Gasteiger partial charge is 0.481 e. The summed E-state index contributed by atoms with van der Waals surface area (Å²) in [4.78, 5) is 19.6. The van der Waals surface area contributed by atoms with Gasteiger partial charge in [-0.25, -0.2) is 4.79 Å². The fourth-order valence-electron chi connectivity index (χ4n) is 0.577. The van der Waals surface area contributed by atoms with Crippen LogP contribution in [0.25, 0.3) is 0 Å².